The lowest BCUT2D eigenvalue weighted by atomic mass is 10.2. The molecule has 0 spiro atoms. The largest absolute Gasteiger partial charge is 0.452 e. The molecule has 2 aromatic carbocycles. The second kappa shape index (κ2) is 7.68. The van der Waals surface area contributed by atoms with Crippen molar-refractivity contribution in [1.82, 2.24) is 0 Å². The minimum atomic E-state index is -0.666. The Labute approximate surface area is 148 Å². The van der Waals surface area contributed by atoms with E-state index >= 15 is 0 Å². The summed E-state index contributed by atoms with van der Waals surface area (Å²) in [5, 5.41) is 3.69. The highest BCUT2D eigenvalue weighted by molar-refractivity contribution is 6.42. The van der Waals surface area contributed by atoms with Crippen molar-refractivity contribution in [3.63, 3.8) is 0 Å². The lowest BCUT2D eigenvalue weighted by molar-refractivity contribution is -0.119. The number of carbonyl (C=O) groups is 2. The maximum Gasteiger partial charge on any atom is 0.338 e. The number of hydrogen-bond donors (Lipinski definition) is 1. The monoisotopic (exact) mass is 371 g/mol. The normalized spacial score (nSPS) is 10.3. The predicted molar refractivity (Wildman–Crippen MR) is 91.6 cm³/mol. The highest BCUT2D eigenvalue weighted by Gasteiger charge is 2.12. The summed E-state index contributed by atoms with van der Waals surface area (Å²) < 4.78 is 4.93. The van der Waals surface area contributed by atoms with Crippen molar-refractivity contribution in [2.24, 2.45) is 0 Å². The maximum atomic E-state index is 11.8. The molecule has 0 atom stereocenters. The van der Waals surface area contributed by atoms with E-state index in [1.54, 1.807) is 18.2 Å². The quantitative estimate of drug-likeness (QED) is 0.788. The van der Waals surface area contributed by atoms with Gasteiger partial charge in [0.25, 0.3) is 5.91 Å². The van der Waals surface area contributed by atoms with Gasteiger partial charge in [0.05, 0.1) is 15.6 Å². The maximum absolute atomic E-state index is 11.8. The lowest BCUT2D eigenvalue weighted by Gasteiger charge is -2.08. The second-order valence-corrected chi connectivity index (χ2v) is 5.94. The zero-order chi connectivity index (χ0) is 17.0. The Kier molecular flexibility index (Phi) is 5.88. The van der Waals surface area contributed by atoms with E-state index < -0.39 is 18.5 Å². The summed E-state index contributed by atoms with van der Waals surface area (Å²) in [7, 11) is 0. The fourth-order valence-electron chi connectivity index (χ4n) is 1.71. The number of ether oxygens (including phenoxy) is 1. The molecule has 0 unspecified atom stereocenters. The lowest BCUT2D eigenvalue weighted by Crippen LogP contribution is -2.21. The number of carbonyl (C=O) groups excluding carboxylic acids is 2. The van der Waals surface area contributed by atoms with Gasteiger partial charge in [-0.2, -0.15) is 0 Å². The van der Waals surface area contributed by atoms with Crippen LogP contribution < -0.4 is 5.32 Å². The minimum absolute atomic E-state index is 0.214. The first kappa shape index (κ1) is 17.6. The van der Waals surface area contributed by atoms with Crippen molar-refractivity contribution >= 4 is 52.4 Å². The van der Waals surface area contributed by atoms with Gasteiger partial charge in [0.15, 0.2) is 6.61 Å². The molecule has 0 saturated carbocycles. The number of rotatable bonds is 4. The number of anilines is 1. The van der Waals surface area contributed by atoms with Gasteiger partial charge in [0.2, 0.25) is 0 Å². The molecule has 23 heavy (non-hydrogen) atoms. The molecule has 7 heteroatoms. The van der Waals surface area contributed by atoms with Gasteiger partial charge in [-0.15, -0.1) is 0 Å². The molecule has 0 aliphatic carbocycles. The molecule has 120 valence electrons. The van der Waals surface area contributed by atoms with Crippen LogP contribution in [0.4, 0.5) is 5.69 Å². The van der Waals surface area contributed by atoms with E-state index in [9.17, 15) is 9.59 Å². The molecule has 1 N–H and O–H groups in total. The van der Waals surface area contributed by atoms with E-state index in [1.165, 1.54) is 18.2 Å². The van der Waals surface area contributed by atoms with E-state index in [4.69, 9.17) is 39.5 Å². The first-order valence-corrected chi connectivity index (χ1v) is 7.68. The molecule has 2 aromatic rings. The van der Waals surface area contributed by atoms with Crippen LogP contribution in [0.15, 0.2) is 36.4 Å². The summed E-state index contributed by atoms with van der Waals surface area (Å²) in [6, 6.07) is 9.43. The van der Waals surface area contributed by atoms with E-state index in [1.807, 2.05) is 6.92 Å². The molecule has 0 heterocycles. The van der Waals surface area contributed by atoms with Crippen molar-refractivity contribution in [3.8, 4) is 0 Å². The van der Waals surface area contributed by atoms with Crippen molar-refractivity contribution in [2.45, 2.75) is 6.92 Å². The number of benzene rings is 2. The van der Waals surface area contributed by atoms with E-state index in [0.717, 1.165) is 5.56 Å². The number of halogens is 3. The van der Waals surface area contributed by atoms with Gasteiger partial charge in [-0.1, -0.05) is 40.9 Å². The first-order chi connectivity index (χ1) is 10.9. The molecule has 1 amide bonds. The van der Waals surface area contributed by atoms with Gasteiger partial charge < -0.3 is 10.1 Å². The van der Waals surface area contributed by atoms with Crippen LogP contribution >= 0.6 is 34.8 Å². The fraction of sp³-hybridized carbons (Fsp3) is 0.125. The van der Waals surface area contributed by atoms with E-state index in [0.29, 0.717) is 15.7 Å². The second-order valence-electron chi connectivity index (χ2n) is 4.72. The molecule has 4 nitrogen and oxygen atoms in total. The number of esters is 1. The van der Waals surface area contributed by atoms with E-state index in [2.05, 4.69) is 5.32 Å². The molecular weight excluding hydrogens is 361 g/mol. The SMILES string of the molecule is Cc1ccc(NC(=O)COC(=O)c2ccc(Cl)c(Cl)c2)cc1Cl. The summed E-state index contributed by atoms with van der Waals surface area (Å²) in [5.74, 6) is -1.14. The number of aryl methyl sites for hydroxylation is 1. The first-order valence-electron chi connectivity index (χ1n) is 6.55. The molecule has 2 rings (SSSR count). The van der Waals surface area contributed by atoms with Crippen molar-refractivity contribution in [2.75, 3.05) is 11.9 Å². The average Bonchev–Trinajstić information content (AvgIpc) is 2.51. The van der Waals surface area contributed by atoms with Gasteiger partial charge in [0, 0.05) is 10.7 Å². The Morgan fingerprint density at radius 1 is 1.00 bits per heavy atom. The van der Waals surface area contributed by atoms with Gasteiger partial charge >= 0.3 is 5.97 Å². The molecule has 0 aromatic heterocycles. The van der Waals surface area contributed by atoms with Gasteiger partial charge in [-0.25, -0.2) is 4.79 Å². The van der Waals surface area contributed by atoms with Crippen molar-refractivity contribution in [1.29, 1.82) is 0 Å². The van der Waals surface area contributed by atoms with Gasteiger partial charge in [-0.05, 0) is 42.8 Å². The fourth-order valence-corrected chi connectivity index (χ4v) is 2.18. The number of nitrogens with one attached hydrogen (secondary N) is 1. The predicted octanol–water partition coefficient (Wildman–Crippen LogP) is 4.75. The zero-order valence-electron chi connectivity index (χ0n) is 12.0. The summed E-state index contributed by atoms with van der Waals surface area (Å²) in [6.45, 7) is 1.43. The third kappa shape index (κ3) is 4.86. The molecule has 0 saturated heterocycles. The van der Waals surface area contributed by atoms with Gasteiger partial charge in [-0.3, -0.25) is 4.79 Å². The minimum Gasteiger partial charge on any atom is -0.452 e. The third-order valence-corrected chi connectivity index (χ3v) is 4.09. The standard InChI is InChI=1S/C16H12Cl3NO3/c1-9-2-4-11(7-13(9)18)20-15(21)8-23-16(22)10-3-5-12(17)14(19)6-10/h2-7H,8H2,1H3,(H,20,21). The summed E-state index contributed by atoms with van der Waals surface area (Å²) >= 11 is 17.6. The van der Waals surface area contributed by atoms with Crippen LogP contribution in [0.5, 0.6) is 0 Å². The van der Waals surface area contributed by atoms with Crippen molar-refractivity contribution in [3.05, 3.63) is 62.6 Å². The zero-order valence-corrected chi connectivity index (χ0v) is 14.3. The molecule has 0 aliphatic rings. The van der Waals surface area contributed by atoms with Crippen LogP contribution in [0, 0.1) is 6.92 Å². The topological polar surface area (TPSA) is 55.4 Å². The summed E-state index contributed by atoms with van der Waals surface area (Å²) in [6.07, 6.45) is 0. The van der Waals surface area contributed by atoms with Crippen LogP contribution in [-0.4, -0.2) is 18.5 Å². The highest BCUT2D eigenvalue weighted by Crippen LogP contribution is 2.23. The molecular formula is C16H12Cl3NO3. The smallest absolute Gasteiger partial charge is 0.338 e. The Morgan fingerprint density at radius 3 is 2.39 bits per heavy atom. The van der Waals surface area contributed by atoms with Gasteiger partial charge in [0.1, 0.15) is 0 Å². The Bertz CT molecular complexity index is 762. The summed E-state index contributed by atoms with van der Waals surface area (Å²) in [4.78, 5) is 23.6. The average molecular weight is 373 g/mol. The summed E-state index contributed by atoms with van der Waals surface area (Å²) in [5.41, 5.74) is 1.64. The van der Waals surface area contributed by atoms with Crippen LogP contribution in [0.2, 0.25) is 15.1 Å². The van der Waals surface area contributed by atoms with E-state index in [-0.39, 0.29) is 10.6 Å². The Morgan fingerprint density at radius 2 is 1.74 bits per heavy atom. The van der Waals surface area contributed by atoms with Crippen LogP contribution in [0.3, 0.4) is 0 Å². The van der Waals surface area contributed by atoms with Crippen LogP contribution in [0.25, 0.3) is 0 Å². The number of hydrogen-bond acceptors (Lipinski definition) is 3. The Hall–Kier alpha value is -1.75. The Balaban J connectivity index is 1.91. The van der Waals surface area contributed by atoms with Crippen LogP contribution in [0.1, 0.15) is 15.9 Å². The molecule has 0 bridgehead atoms. The highest BCUT2D eigenvalue weighted by atomic mass is 35.5. The molecule has 0 radical (unpaired) electrons. The van der Waals surface area contributed by atoms with Crippen molar-refractivity contribution < 1.29 is 14.3 Å². The molecule has 0 fully saturated rings. The third-order valence-electron chi connectivity index (χ3n) is 2.95. The molecule has 0 aliphatic heterocycles. The number of amides is 1. The van der Waals surface area contributed by atoms with Crippen LogP contribution in [-0.2, 0) is 9.53 Å².